The van der Waals surface area contributed by atoms with E-state index in [0.29, 0.717) is 31.3 Å². The monoisotopic (exact) mass is 293 g/mol. The molecule has 1 saturated carbocycles. The Morgan fingerprint density at radius 3 is 2.86 bits per heavy atom. The highest BCUT2D eigenvalue weighted by Crippen LogP contribution is 2.40. The van der Waals surface area contributed by atoms with Gasteiger partial charge in [0.05, 0.1) is 13.2 Å². The number of benzene rings is 1. The standard InChI is InChI=1S/C16H23NO4/c1-19-14-8-11(9-15-16(14)21-7-6-20-15)10-17-12-4-2-3-5-13(12)18/h8-9,12-13,17-18H,2-7,10H2,1H3. The van der Waals surface area contributed by atoms with Crippen molar-refractivity contribution in [2.75, 3.05) is 20.3 Å². The van der Waals surface area contributed by atoms with E-state index in [0.717, 1.165) is 30.6 Å². The molecule has 2 N–H and O–H groups in total. The van der Waals surface area contributed by atoms with E-state index >= 15 is 0 Å². The minimum Gasteiger partial charge on any atom is -0.493 e. The highest BCUT2D eigenvalue weighted by Gasteiger charge is 2.23. The van der Waals surface area contributed by atoms with Crippen LogP contribution in [-0.4, -0.2) is 37.6 Å². The first-order valence-corrected chi connectivity index (χ1v) is 7.66. The van der Waals surface area contributed by atoms with Crippen LogP contribution in [-0.2, 0) is 6.54 Å². The van der Waals surface area contributed by atoms with Gasteiger partial charge in [0.1, 0.15) is 13.2 Å². The van der Waals surface area contributed by atoms with Crippen LogP contribution >= 0.6 is 0 Å². The normalized spacial score (nSPS) is 24.7. The topological polar surface area (TPSA) is 60.0 Å². The second-order valence-electron chi connectivity index (χ2n) is 5.66. The quantitative estimate of drug-likeness (QED) is 0.887. The Morgan fingerprint density at radius 1 is 1.24 bits per heavy atom. The molecule has 1 aromatic rings. The molecular weight excluding hydrogens is 270 g/mol. The summed E-state index contributed by atoms with van der Waals surface area (Å²) in [7, 11) is 1.63. The van der Waals surface area contributed by atoms with Crippen LogP contribution in [0.4, 0.5) is 0 Å². The summed E-state index contributed by atoms with van der Waals surface area (Å²) in [5.41, 5.74) is 1.08. The molecular formula is C16H23NO4. The lowest BCUT2D eigenvalue weighted by Gasteiger charge is -2.29. The van der Waals surface area contributed by atoms with Crippen molar-refractivity contribution >= 4 is 0 Å². The summed E-state index contributed by atoms with van der Waals surface area (Å²) < 4.78 is 16.6. The number of methoxy groups -OCH3 is 1. The molecule has 5 nitrogen and oxygen atoms in total. The maximum atomic E-state index is 10.0. The number of hydrogen-bond donors (Lipinski definition) is 2. The Kier molecular flexibility index (Phi) is 4.51. The van der Waals surface area contributed by atoms with Gasteiger partial charge in [0.15, 0.2) is 11.5 Å². The van der Waals surface area contributed by atoms with Crippen molar-refractivity contribution in [3.63, 3.8) is 0 Å². The van der Waals surface area contributed by atoms with Crippen molar-refractivity contribution in [2.24, 2.45) is 0 Å². The lowest BCUT2D eigenvalue weighted by molar-refractivity contribution is 0.0902. The van der Waals surface area contributed by atoms with Crippen molar-refractivity contribution in [1.29, 1.82) is 0 Å². The molecule has 0 aromatic heterocycles. The molecule has 1 fully saturated rings. The van der Waals surface area contributed by atoms with Crippen molar-refractivity contribution in [1.82, 2.24) is 5.32 Å². The Morgan fingerprint density at radius 2 is 2.05 bits per heavy atom. The van der Waals surface area contributed by atoms with Gasteiger partial charge in [-0.3, -0.25) is 0 Å². The lowest BCUT2D eigenvalue weighted by Crippen LogP contribution is -2.41. The molecule has 5 heteroatoms. The second-order valence-corrected chi connectivity index (χ2v) is 5.66. The summed E-state index contributed by atoms with van der Waals surface area (Å²) >= 11 is 0. The number of fused-ring (bicyclic) bond motifs is 1. The van der Waals surface area contributed by atoms with Gasteiger partial charge in [0.25, 0.3) is 0 Å². The minimum absolute atomic E-state index is 0.179. The lowest BCUT2D eigenvalue weighted by atomic mass is 9.92. The first-order valence-electron chi connectivity index (χ1n) is 7.66. The molecule has 1 heterocycles. The van der Waals surface area contributed by atoms with Gasteiger partial charge in [-0.2, -0.15) is 0 Å². The van der Waals surface area contributed by atoms with Gasteiger partial charge in [0, 0.05) is 12.6 Å². The fourth-order valence-electron chi connectivity index (χ4n) is 3.03. The zero-order valence-corrected chi connectivity index (χ0v) is 12.4. The molecule has 0 bridgehead atoms. The molecule has 0 saturated heterocycles. The van der Waals surface area contributed by atoms with Gasteiger partial charge in [0.2, 0.25) is 5.75 Å². The van der Waals surface area contributed by atoms with Crippen LogP contribution in [0.5, 0.6) is 17.2 Å². The predicted octanol–water partition coefficient (Wildman–Crippen LogP) is 1.86. The molecule has 2 aliphatic rings. The molecule has 21 heavy (non-hydrogen) atoms. The number of rotatable bonds is 4. The van der Waals surface area contributed by atoms with E-state index in [9.17, 15) is 5.11 Å². The SMILES string of the molecule is COc1cc(CNC2CCCCC2O)cc2c1OCCO2. The summed E-state index contributed by atoms with van der Waals surface area (Å²) in [6.07, 6.45) is 3.99. The van der Waals surface area contributed by atoms with Gasteiger partial charge in [-0.25, -0.2) is 0 Å². The second kappa shape index (κ2) is 6.54. The van der Waals surface area contributed by atoms with Crippen LogP contribution in [0.3, 0.4) is 0 Å². The van der Waals surface area contributed by atoms with Crippen LogP contribution in [0.25, 0.3) is 0 Å². The number of hydrogen-bond acceptors (Lipinski definition) is 5. The summed E-state index contributed by atoms with van der Waals surface area (Å²) in [5, 5.41) is 13.5. The molecule has 116 valence electrons. The molecule has 2 atom stereocenters. The molecule has 1 aromatic carbocycles. The van der Waals surface area contributed by atoms with Crippen molar-refractivity contribution < 1.29 is 19.3 Å². The van der Waals surface area contributed by atoms with E-state index < -0.39 is 0 Å². The van der Waals surface area contributed by atoms with Gasteiger partial charge >= 0.3 is 0 Å². The molecule has 1 aliphatic heterocycles. The summed E-state index contributed by atoms with van der Waals surface area (Å²) in [6, 6.07) is 4.13. The van der Waals surface area contributed by atoms with E-state index in [1.54, 1.807) is 7.11 Å². The average molecular weight is 293 g/mol. The van der Waals surface area contributed by atoms with E-state index in [2.05, 4.69) is 5.32 Å². The van der Waals surface area contributed by atoms with Crippen LogP contribution in [0.1, 0.15) is 31.2 Å². The molecule has 0 spiro atoms. The van der Waals surface area contributed by atoms with E-state index in [4.69, 9.17) is 14.2 Å². The first-order chi connectivity index (χ1) is 10.3. The number of ether oxygens (including phenoxy) is 3. The van der Waals surface area contributed by atoms with Crippen molar-refractivity contribution in [3.8, 4) is 17.2 Å². The van der Waals surface area contributed by atoms with E-state index in [1.165, 1.54) is 6.42 Å². The third-order valence-electron chi connectivity index (χ3n) is 4.19. The van der Waals surface area contributed by atoms with Gasteiger partial charge in [-0.1, -0.05) is 12.8 Å². The zero-order valence-electron chi connectivity index (χ0n) is 12.4. The Hall–Kier alpha value is -1.46. The zero-order chi connectivity index (χ0) is 14.7. The van der Waals surface area contributed by atoms with E-state index in [1.807, 2.05) is 12.1 Å². The van der Waals surface area contributed by atoms with Gasteiger partial charge in [-0.15, -0.1) is 0 Å². The smallest absolute Gasteiger partial charge is 0.203 e. The molecule has 2 unspecified atom stereocenters. The Labute approximate surface area is 125 Å². The maximum Gasteiger partial charge on any atom is 0.203 e. The van der Waals surface area contributed by atoms with Gasteiger partial charge < -0.3 is 24.6 Å². The van der Waals surface area contributed by atoms with Gasteiger partial charge in [-0.05, 0) is 30.5 Å². The van der Waals surface area contributed by atoms with Crippen LogP contribution in [0, 0.1) is 0 Å². The third kappa shape index (κ3) is 3.24. The first kappa shape index (κ1) is 14.5. The van der Waals surface area contributed by atoms with Crippen LogP contribution in [0.2, 0.25) is 0 Å². The Bertz CT molecular complexity index is 474. The highest BCUT2D eigenvalue weighted by molar-refractivity contribution is 5.54. The fourth-order valence-corrected chi connectivity index (χ4v) is 3.03. The number of nitrogens with one attached hydrogen (secondary N) is 1. The average Bonchev–Trinajstić information content (AvgIpc) is 2.53. The van der Waals surface area contributed by atoms with E-state index in [-0.39, 0.29) is 12.1 Å². The van der Waals surface area contributed by atoms with Crippen LogP contribution < -0.4 is 19.5 Å². The molecule has 0 radical (unpaired) electrons. The fraction of sp³-hybridized carbons (Fsp3) is 0.625. The summed E-state index contributed by atoms with van der Waals surface area (Å²) in [4.78, 5) is 0. The van der Waals surface area contributed by atoms with Crippen LogP contribution in [0.15, 0.2) is 12.1 Å². The maximum absolute atomic E-state index is 10.0. The van der Waals surface area contributed by atoms with Crippen molar-refractivity contribution in [2.45, 2.75) is 44.4 Å². The summed E-state index contributed by atoms with van der Waals surface area (Å²) in [5.74, 6) is 2.12. The summed E-state index contributed by atoms with van der Waals surface area (Å²) in [6.45, 7) is 1.80. The minimum atomic E-state index is -0.238. The largest absolute Gasteiger partial charge is 0.493 e. The molecule has 0 amide bonds. The molecule has 3 rings (SSSR count). The third-order valence-corrected chi connectivity index (χ3v) is 4.19. The highest BCUT2D eigenvalue weighted by atomic mass is 16.6. The number of aliphatic hydroxyl groups is 1. The van der Waals surface area contributed by atoms with Crippen molar-refractivity contribution in [3.05, 3.63) is 17.7 Å². The Balaban J connectivity index is 1.70. The predicted molar refractivity (Wildman–Crippen MR) is 79.1 cm³/mol. The number of aliphatic hydroxyl groups excluding tert-OH is 1. The molecule has 1 aliphatic carbocycles.